The number of para-hydroxylation sites is 1. The molecular weight excluding hydrogens is 374 g/mol. The van der Waals surface area contributed by atoms with E-state index in [1.807, 2.05) is 49.4 Å². The number of carbonyl (C=O) groups excluding carboxylic acids is 2. The molecule has 1 aromatic carbocycles. The number of amides is 1. The number of carbonyl (C=O) groups is 2. The molecule has 7 heteroatoms. The first kappa shape index (κ1) is 18.3. The van der Waals surface area contributed by atoms with E-state index in [4.69, 9.17) is 4.74 Å². The third-order valence-corrected chi connectivity index (χ3v) is 5.83. The summed E-state index contributed by atoms with van der Waals surface area (Å²) in [6, 6.07) is 13.4. The number of nitrogens with zero attached hydrogens (tertiary/aromatic N) is 3. The van der Waals surface area contributed by atoms with Gasteiger partial charge in [-0.25, -0.2) is 9.78 Å². The van der Waals surface area contributed by atoms with Crippen LogP contribution in [0, 0.1) is 6.92 Å². The van der Waals surface area contributed by atoms with E-state index in [1.54, 1.807) is 18.0 Å². The first-order chi connectivity index (χ1) is 13.5. The predicted octanol–water partition coefficient (Wildman–Crippen LogP) is 3.65. The molecule has 0 radical (unpaired) electrons. The Morgan fingerprint density at radius 2 is 2.00 bits per heavy atom. The van der Waals surface area contributed by atoms with Crippen LogP contribution in [0.25, 0.3) is 10.7 Å². The number of thiazole rings is 1. The van der Waals surface area contributed by atoms with Gasteiger partial charge in [0.05, 0.1) is 11.4 Å². The zero-order valence-electron chi connectivity index (χ0n) is 15.6. The average molecular weight is 393 g/mol. The summed E-state index contributed by atoms with van der Waals surface area (Å²) >= 11 is 1.22. The van der Waals surface area contributed by atoms with Gasteiger partial charge in [0.15, 0.2) is 6.61 Å². The summed E-state index contributed by atoms with van der Waals surface area (Å²) in [5.41, 5.74) is 3.30. The number of pyridine rings is 1. The van der Waals surface area contributed by atoms with Gasteiger partial charge in [-0.05, 0) is 44.0 Å². The van der Waals surface area contributed by atoms with Gasteiger partial charge in [0.2, 0.25) is 0 Å². The molecule has 0 bridgehead atoms. The Morgan fingerprint density at radius 3 is 2.79 bits per heavy atom. The summed E-state index contributed by atoms with van der Waals surface area (Å²) in [5, 5.41) is 0.651. The van der Waals surface area contributed by atoms with Crippen LogP contribution in [0.3, 0.4) is 0 Å². The number of esters is 1. The standard InChI is InChI=1S/C21H19N3O3S/c1-13-11-15-7-3-4-9-17(15)24(13)18(25)12-27-21(26)19-14(2)23-20(28-19)16-8-5-6-10-22-16/h3-10,13H,11-12H2,1-2H3/t13-/m1/s1. The molecule has 0 unspecified atom stereocenters. The van der Waals surface area contributed by atoms with Gasteiger partial charge in [0.1, 0.15) is 9.88 Å². The summed E-state index contributed by atoms with van der Waals surface area (Å²) in [5.74, 6) is -0.761. The van der Waals surface area contributed by atoms with Gasteiger partial charge in [-0.3, -0.25) is 9.78 Å². The van der Waals surface area contributed by atoms with Crippen molar-refractivity contribution in [3.05, 3.63) is 64.8 Å². The van der Waals surface area contributed by atoms with E-state index in [-0.39, 0.29) is 18.6 Å². The van der Waals surface area contributed by atoms with Crippen molar-refractivity contribution in [1.29, 1.82) is 0 Å². The maximum Gasteiger partial charge on any atom is 0.350 e. The van der Waals surface area contributed by atoms with E-state index in [0.29, 0.717) is 21.3 Å². The molecule has 1 aliphatic rings. The average Bonchev–Trinajstić information content (AvgIpc) is 3.26. The number of anilines is 1. The van der Waals surface area contributed by atoms with Gasteiger partial charge < -0.3 is 9.64 Å². The highest BCUT2D eigenvalue weighted by Gasteiger charge is 2.31. The number of ether oxygens (including phenoxy) is 1. The molecule has 1 amide bonds. The number of hydrogen-bond acceptors (Lipinski definition) is 6. The number of hydrogen-bond donors (Lipinski definition) is 0. The van der Waals surface area contributed by atoms with Crippen LogP contribution in [-0.2, 0) is 16.0 Å². The Morgan fingerprint density at radius 1 is 1.21 bits per heavy atom. The zero-order chi connectivity index (χ0) is 19.7. The molecule has 2 aromatic heterocycles. The summed E-state index contributed by atoms with van der Waals surface area (Å²) in [7, 11) is 0. The van der Waals surface area contributed by atoms with Crippen LogP contribution in [0.4, 0.5) is 5.69 Å². The Labute approximate surface area is 166 Å². The lowest BCUT2D eigenvalue weighted by Crippen LogP contribution is -2.38. The van der Waals surface area contributed by atoms with Crippen molar-refractivity contribution in [1.82, 2.24) is 9.97 Å². The van der Waals surface area contributed by atoms with Crippen molar-refractivity contribution in [3.8, 4) is 10.7 Å². The molecule has 0 saturated heterocycles. The molecule has 0 aliphatic carbocycles. The minimum atomic E-state index is -0.536. The van der Waals surface area contributed by atoms with Crippen molar-refractivity contribution < 1.29 is 14.3 Å². The molecule has 142 valence electrons. The number of benzene rings is 1. The fraction of sp³-hybridized carbons (Fsp3) is 0.238. The molecule has 3 aromatic rings. The van der Waals surface area contributed by atoms with E-state index in [2.05, 4.69) is 9.97 Å². The predicted molar refractivity (Wildman–Crippen MR) is 107 cm³/mol. The molecule has 0 fully saturated rings. The van der Waals surface area contributed by atoms with Crippen molar-refractivity contribution in [2.24, 2.45) is 0 Å². The van der Waals surface area contributed by atoms with Crippen molar-refractivity contribution in [3.63, 3.8) is 0 Å². The number of fused-ring (bicyclic) bond motifs is 1. The smallest absolute Gasteiger partial charge is 0.350 e. The van der Waals surface area contributed by atoms with Crippen LogP contribution in [0.1, 0.15) is 27.9 Å². The van der Waals surface area contributed by atoms with Crippen LogP contribution >= 0.6 is 11.3 Å². The van der Waals surface area contributed by atoms with E-state index < -0.39 is 5.97 Å². The van der Waals surface area contributed by atoms with Gasteiger partial charge in [0, 0.05) is 17.9 Å². The molecule has 28 heavy (non-hydrogen) atoms. The molecule has 1 aliphatic heterocycles. The third-order valence-electron chi connectivity index (χ3n) is 4.67. The second-order valence-corrected chi connectivity index (χ2v) is 7.67. The molecule has 0 spiro atoms. The fourth-order valence-corrected chi connectivity index (χ4v) is 4.33. The minimum absolute atomic E-state index is 0.0458. The largest absolute Gasteiger partial charge is 0.451 e. The van der Waals surface area contributed by atoms with Crippen LogP contribution in [0.15, 0.2) is 48.7 Å². The van der Waals surface area contributed by atoms with Gasteiger partial charge in [-0.15, -0.1) is 11.3 Å². The quantitative estimate of drug-likeness (QED) is 0.633. The molecule has 0 N–H and O–H groups in total. The van der Waals surface area contributed by atoms with Crippen LogP contribution in [0.2, 0.25) is 0 Å². The lowest BCUT2D eigenvalue weighted by Gasteiger charge is -2.22. The van der Waals surface area contributed by atoms with Gasteiger partial charge in [-0.1, -0.05) is 24.3 Å². The van der Waals surface area contributed by atoms with Crippen LogP contribution < -0.4 is 4.90 Å². The summed E-state index contributed by atoms with van der Waals surface area (Å²) in [4.78, 5) is 36.0. The highest BCUT2D eigenvalue weighted by molar-refractivity contribution is 7.17. The number of aromatic nitrogens is 2. The van der Waals surface area contributed by atoms with E-state index in [1.165, 1.54) is 11.3 Å². The van der Waals surface area contributed by atoms with Crippen LogP contribution in [0.5, 0.6) is 0 Å². The first-order valence-electron chi connectivity index (χ1n) is 9.00. The summed E-state index contributed by atoms with van der Waals surface area (Å²) in [6.07, 6.45) is 2.48. The third kappa shape index (κ3) is 3.41. The summed E-state index contributed by atoms with van der Waals surface area (Å²) in [6.45, 7) is 3.44. The molecular formula is C21H19N3O3S. The van der Waals surface area contributed by atoms with Crippen LogP contribution in [-0.4, -0.2) is 34.5 Å². The normalized spacial score (nSPS) is 15.4. The highest BCUT2D eigenvalue weighted by Crippen LogP contribution is 2.32. The fourth-order valence-electron chi connectivity index (χ4n) is 3.39. The molecule has 6 nitrogen and oxygen atoms in total. The monoisotopic (exact) mass is 393 g/mol. The highest BCUT2D eigenvalue weighted by atomic mass is 32.1. The molecule has 1 atom stereocenters. The molecule has 4 rings (SSSR count). The maximum absolute atomic E-state index is 12.7. The Balaban J connectivity index is 1.45. The lowest BCUT2D eigenvalue weighted by atomic mass is 10.1. The van der Waals surface area contributed by atoms with E-state index in [9.17, 15) is 9.59 Å². The Hall–Kier alpha value is -3.06. The topological polar surface area (TPSA) is 72.4 Å². The number of rotatable bonds is 4. The van der Waals surface area contributed by atoms with Crippen molar-refractivity contribution in [2.75, 3.05) is 11.5 Å². The van der Waals surface area contributed by atoms with E-state index >= 15 is 0 Å². The maximum atomic E-state index is 12.7. The Bertz CT molecular complexity index is 1030. The Kier molecular flexibility index (Phi) is 4.92. The van der Waals surface area contributed by atoms with Gasteiger partial charge >= 0.3 is 5.97 Å². The summed E-state index contributed by atoms with van der Waals surface area (Å²) < 4.78 is 5.32. The second-order valence-electron chi connectivity index (χ2n) is 6.67. The molecule has 0 saturated carbocycles. The molecule has 3 heterocycles. The van der Waals surface area contributed by atoms with E-state index in [0.717, 1.165) is 17.7 Å². The second kappa shape index (κ2) is 7.52. The minimum Gasteiger partial charge on any atom is -0.451 e. The van der Waals surface area contributed by atoms with Crippen molar-refractivity contribution >= 4 is 28.9 Å². The van der Waals surface area contributed by atoms with Gasteiger partial charge in [0.25, 0.3) is 5.91 Å². The zero-order valence-corrected chi connectivity index (χ0v) is 16.4. The SMILES string of the molecule is Cc1nc(-c2ccccn2)sc1C(=O)OCC(=O)N1c2ccccc2C[C@H]1C. The van der Waals surface area contributed by atoms with Gasteiger partial charge in [-0.2, -0.15) is 0 Å². The van der Waals surface area contributed by atoms with Crippen molar-refractivity contribution in [2.45, 2.75) is 26.3 Å². The number of aryl methyl sites for hydroxylation is 1. The first-order valence-corrected chi connectivity index (χ1v) is 9.82. The lowest BCUT2D eigenvalue weighted by molar-refractivity contribution is -0.122.